The number of H-pyrrole nitrogens is 1. The van der Waals surface area contributed by atoms with Gasteiger partial charge in [0.25, 0.3) is 0 Å². The molecule has 0 radical (unpaired) electrons. The molecule has 1 unspecified atom stereocenters. The van der Waals surface area contributed by atoms with Gasteiger partial charge in [-0.3, -0.25) is 4.57 Å². The minimum atomic E-state index is 0.302. The highest BCUT2D eigenvalue weighted by atomic mass is 32.2. The summed E-state index contributed by atoms with van der Waals surface area (Å²) in [7, 11) is 0. The Hall–Kier alpha value is -0.490. The lowest BCUT2D eigenvalue weighted by molar-refractivity contribution is 0.608. The summed E-state index contributed by atoms with van der Waals surface area (Å²) < 4.78 is 2.44. The number of hydrogen-bond donors (Lipinski definition) is 2. The number of nitrogens with zero attached hydrogens (tertiary/aromatic N) is 2. The normalized spacial score (nSPS) is 13.1. The van der Waals surface area contributed by atoms with Crippen LogP contribution in [0.5, 0.6) is 0 Å². The number of rotatable bonds is 4. The molecule has 6 heteroatoms. The first kappa shape index (κ1) is 10.6. The molecule has 0 aromatic carbocycles. The van der Waals surface area contributed by atoms with Crippen LogP contribution in [0.2, 0.25) is 0 Å². The Morgan fingerprint density at radius 1 is 1.77 bits per heavy atom. The molecule has 1 aromatic heterocycles. The summed E-state index contributed by atoms with van der Waals surface area (Å²) in [6.07, 6.45) is 0. The van der Waals surface area contributed by atoms with E-state index >= 15 is 0 Å². The molecule has 0 saturated heterocycles. The van der Waals surface area contributed by atoms with Crippen LogP contribution < -0.4 is 5.73 Å². The van der Waals surface area contributed by atoms with E-state index in [2.05, 4.69) is 24.0 Å². The van der Waals surface area contributed by atoms with Crippen LogP contribution in [0, 0.1) is 4.77 Å². The van der Waals surface area contributed by atoms with Gasteiger partial charge in [-0.25, -0.2) is 5.10 Å². The van der Waals surface area contributed by atoms with Gasteiger partial charge < -0.3 is 5.73 Å². The van der Waals surface area contributed by atoms with E-state index in [1.165, 1.54) is 0 Å². The van der Waals surface area contributed by atoms with Crippen LogP contribution in [0.25, 0.3) is 0 Å². The number of nitrogens with two attached hydrogens (primary N) is 1. The number of nitrogen functional groups attached to an aromatic ring is 1. The Balaban J connectivity index is 2.75. The lowest BCUT2D eigenvalue weighted by Gasteiger charge is -2.12. The van der Waals surface area contributed by atoms with Gasteiger partial charge in [0.1, 0.15) is 0 Å². The maximum atomic E-state index is 5.66. The molecule has 1 atom stereocenters. The topological polar surface area (TPSA) is 59.6 Å². The van der Waals surface area contributed by atoms with Crippen molar-refractivity contribution in [2.75, 3.05) is 17.2 Å². The molecule has 0 aliphatic heterocycles. The Kier molecular flexibility index (Phi) is 3.80. The smallest absolute Gasteiger partial charge is 0.220 e. The first-order valence-corrected chi connectivity index (χ1v) is 5.73. The lowest BCUT2D eigenvalue weighted by Crippen LogP contribution is -2.11. The molecule has 0 bridgehead atoms. The van der Waals surface area contributed by atoms with Crippen molar-refractivity contribution in [3.05, 3.63) is 4.77 Å². The van der Waals surface area contributed by atoms with Crippen LogP contribution in [-0.2, 0) is 0 Å². The molecule has 0 saturated carbocycles. The monoisotopic (exact) mass is 218 g/mol. The van der Waals surface area contributed by atoms with E-state index in [0.717, 1.165) is 11.5 Å². The van der Waals surface area contributed by atoms with E-state index < -0.39 is 0 Å². The van der Waals surface area contributed by atoms with Crippen molar-refractivity contribution in [2.45, 2.75) is 19.9 Å². The van der Waals surface area contributed by atoms with Gasteiger partial charge in [-0.05, 0) is 24.9 Å². The third kappa shape index (κ3) is 2.47. The van der Waals surface area contributed by atoms with Crippen molar-refractivity contribution in [3.8, 4) is 0 Å². The van der Waals surface area contributed by atoms with E-state index in [1.54, 1.807) is 0 Å². The van der Waals surface area contributed by atoms with Crippen LogP contribution in [0.15, 0.2) is 0 Å². The zero-order valence-corrected chi connectivity index (χ0v) is 9.41. The molecule has 1 rings (SSSR count). The predicted octanol–water partition coefficient (Wildman–Crippen LogP) is 1.84. The van der Waals surface area contributed by atoms with E-state index in [9.17, 15) is 0 Å². The molecule has 0 spiro atoms. The average molecular weight is 218 g/mol. The summed E-state index contributed by atoms with van der Waals surface area (Å²) in [5.41, 5.74) is 5.66. The van der Waals surface area contributed by atoms with Crippen LogP contribution in [0.4, 0.5) is 5.95 Å². The first-order valence-electron chi connectivity index (χ1n) is 4.17. The molecule has 74 valence electrons. The third-order valence-corrected chi connectivity index (χ3v) is 3.15. The number of aromatic nitrogens is 3. The molecular weight excluding hydrogens is 204 g/mol. The van der Waals surface area contributed by atoms with E-state index in [1.807, 2.05) is 16.3 Å². The number of aromatic amines is 1. The van der Waals surface area contributed by atoms with Gasteiger partial charge in [-0.15, -0.1) is 5.10 Å². The number of anilines is 1. The molecule has 1 aromatic rings. The second kappa shape index (κ2) is 4.66. The van der Waals surface area contributed by atoms with Crippen LogP contribution in [0.3, 0.4) is 0 Å². The zero-order valence-electron chi connectivity index (χ0n) is 7.78. The van der Waals surface area contributed by atoms with Crippen molar-refractivity contribution in [1.82, 2.24) is 14.8 Å². The molecular formula is C7H14N4S2. The number of nitrogens with one attached hydrogen (secondary N) is 1. The summed E-state index contributed by atoms with van der Waals surface area (Å²) in [5.74, 6) is 2.58. The Morgan fingerprint density at radius 2 is 2.46 bits per heavy atom. The number of hydrogen-bond acceptors (Lipinski definition) is 4. The minimum absolute atomic E-state index is 0.302. The Morgan fingerprint density at radius 3 is 2.92 bits per heavy atom. The molecule has 0 amide bonds. The maximum Gasteiger partial charge on any atom is 0.220 e. The van der Waals surface area contributed by atoms with Gasteiger partial charge in [0.05, 0.1) is 0 Å². The van der Waals surface area contributed by atoms with Gasteiger partial charge in [-0.2, -0.15) is 11.8 Å². The molecule has 13 heavy (non-hydrogen) atoms. The highest BCUT2D eigenvalue weighted by molar-refractivity contribution is 7.99. The van der Waals surface area contributed by atoms with Crippen LogP contribution >= 0.6 is 24.0 Å². The lowest BCUT2D eigenvalue weighted by atomic mass is 10.4. The fraction of sp³-hybridized carbons (Fsp3) is 0.714. The molecule has 4 nitrogen and oxygen atoms in total. The molecule has 1 heterocycles. The Bertz CT molecular complexity index is 317. The van der Waals surface area contributed by atoms with Crippen molar-refractivity contribution in [1.29, 1.82) is 0 Å². The van der Waals surface area contributed by atoms with Gasteiger partial charge in [-0.1, -0.05) is 6.92 Å². The summed E-state index contributed by atoms with van der Waals surface area (Å²) in [6.45, 7) is 4.22. The Labute approximate surface area is 86.9 Å². The van der Waals surface area contributed by atoms with Crippen molar-refractivity contribution in [3.63, 3.8) is 0 Å². The van der Waals surface area contributed by atoms with Crippen molar-refractivity contribution >= 4 is 29.9 Å². The molecule has 0 fully saturated rings. The quantitative estimate of drug-likeness (QED) is 0.757. The van der Waals surface area contributed by atoms with E-state index in [0.29, 0.717) is 16.8 Å². The highest BCUT2D eigenvalue weighted by Crippen LogP contribution is 2.16. The fourth-order valence-corrected chi connectivity index (χ4v) is 2.15. The average Bonchev–Trinajstić information content (AvgIpc) is 2.42. The summed E-state index contributed by atoms with van der Waals surface area (Å²) in [6, 6.07) is 0.302. The van der Waals surface area contributed by atoms with Crippen molar-refractivity contribution in [2.24, 2.45) is 0 Å². The van der Waals surface area contributed by atoms with Crippen LogP contribution in [0.1, 0.15) is 19.9 Å². The highest BCUT2D eigenvalue weighted by Gasteiger charge is 2.09. The SMILES string of the molecule is CCSCC(C)n1c(N)n[nH]c1=S. The molecule has 3 N–H and O–H groups in total. The zero-order chi connectivity index (χ0) is 9.84. The largest absolute Gasteiger partial charge is 0.368 e. The first-order chi connectivity index (χ1) is 6.16. The summed E-state index contributed by atoms with van der Waals surface area (Å²) in [5, 5.41) is 6.54. The van der Waals surface area contributed by atoms with E-state index in [4.69, 9.17) is 18.0 Å². The minimum Gasteiger partial charge on any atom is -0.368 e. The van der Waals surface area contributed by atoms with Gasteiger partial charge in [0.15, 0.2) is 4.77 Å². The predicted molar refractivity (Wildman–Crippen MR) is 59.5 cm³/mol. The van der Waals surface area contributed by atoms with E-state index in [-0.39, 0.29) is 0 Å². The van der Waals surface area contributed by atoms with Crippen LogP contribution in [-0.4, -0.2) is 26.3 Å². The van der Waals surface area contributed by atoms with Gasteiger partial charge in [0.2, 0.25) is 5.95 Å². The third-order valence-electron chi connectivity index (χ3n) is 1.74. The van der Waals surface area contributed by atoms with Crippen molar-refractivity contribution < 1.29 is 0 Å². The molecule has 0 aliphatic rings. The summed E-state index contributed by atoms with van der Waals surface area (Å²) >= 11 is 6.92. The van der Waals surface area contributed by atoms with Gasteiger partial charge >= 0.3 is 0 Å². The second-order valence-electron chi connectivity index (χ2n) is 2.77. The second-order valence-corrected chi connectivity index (χ2v) is 4.47. The van der Waals surface area contributed by atoms with Gasteiger partial charge in [0, 0.05) is 11.8 Å². The molecule has 0 aliphatic carbocycles. The summed E-state index contributed by atoms with van der Waals surface area (Å²) in [4.78, 5) is 0. The maximum absolute atomic E-state index is 5.66. The fourth-order valence-electron chi connectivity index (χ4n) is 1.11. The standard InChI is InChI=1S/C7H14N4S2/c1-3-13-4-5(2)11-6(8)9-10-7(11)12/h5H,3-4H2,1-2H3,(H2,8,9)(H,10,12). The number of thioether (sulfide) groups is 1.